The third-order valence-electron chi connectivity index (χ3n) is 5.32. The van der Waals surface area contributed by atoms with E-state index in [0.717, 1.165) is 0 Å². The maximum atomic E-state index is 6.18. The predicted molar refractivity (Wildman–Crippen MR) is 214 cm³/mol. The zero-order chi connectivity index (χ0) is 34.5. The third kappa shape index (κ3) is 28.0. The van der Waals surface area contributed by atoms with E-state index in [1.54, 1.807) is 0 Å². The Labute approximate surface area is 299 Å². The van der Waals surface area contributed by atoms with Crippen LogP contribution < -0.4 is 0 Å². The highest BCUT2D eigenvalue weighted by Gasteiger charge is 2.27. The van der Waals surface area contributed by atoms with E-state index in [4.69, 9.17) is 62.7 Å². The lowest BCUT2D eigenvalue weighted by Crippen LogP contribution is -2.43. The van der Waals surface area contributed by atoms with Crippen molar-refractivity contribution in [3.63, 3.8) is 0 Å². The molecule has 0 heterocycles. The SMILES string of the molecule is C[SiH2]OO[SiH](C)O[SiH](C)O[SiH](C)O[SiH](C)O[SiH](C)O[SiH](C)O[SiH](C)O[SiH](C)O[SiH](C)O[SiH](C)O[SiH](C)O[SiH](C)O[SiH](C)O[SiH2]C. The first-order valence-corrected chi connectivity index (χ1v) is 47.0. The third-order valence-corrected chi connectivity index (χ3v) is 46.4. The Morgan fingerprint density at radius 3 is 0.667 bits per heavy atom. The molecule has 272 valence electrons. The Morgan fingerprint density at radius 2 is 0.467 bits per heavy atom. The minimum absolute atomic E-state index is 0.446. The van der Waals surface area contributed by atoms with Crippen molar-refractivity contribution in [3.8, 4) is 0 Å². The van der Waals surface area contributed by atoms with Gasteiger partial charge in [-0.2, -0.15) is 0 Å². The molecule has 45 heavy (non-hydrogen) atoms. The van der Waals surface area contributed by atoms with Gasteiger partial charge in [0, 0.05) is 0 Å². The summed E-state index contributed by atoms with van der Waals surface area (Å²) in [6, 6.07) is 0. The lowest BCUT2D eigenvalue weighted by molar-refractivity contribution is -0.117. The normalized spacial score (nSPS) is 21.7. The fourth-order valence-electron chi connectivity index (χ4n) is 4.05. The van der Waals surface area contributed by atoms with Gasteiger partial charge < -0.3 is 58.1 Å². The molecule has 0 saturated carbocycles. The number of rotatable bonds is 29. The molecule has 13 unspecified atom stereocenters. The van der Waals surface area contributed by atoms with E-state index in [1.165, 1.54) is 0 Å². The average molecular weight is 904 g/mol. The van der Waals surface area contributed by atoms with Crippen LogP contribution in [-0.2, 0) is 62.7 Å². The molecule has 0 fully saturated rings. The molecule has 0 bridgehead atoms. The van der Waals surface area contributed by atoms with Crippen molar-refractivity contribution in [1.29, 1.82) is 0 Å². The highest BCUT2D eigenvalue weighted by molar-refractivity contribution is 6.73. The van der Waals surface area contributed by atoms with Gasteiger partial charge in [-0.05, 0) is 91.7 Å². The summed E-state index contributed by atoms with van der Waals surface area (Å²) in [7, 11) is -25.0. The Morgan fingerprint density at radius 1 is 0.267 bits per heavy atom. The van der Waals surface area contributed by atoms with Crippen LogP contribution in [0.5, 0.6) is 0 Å². The molecule has 0 N–H and O–H groups in total. The van der Waals surface area contributed by atoms with Crippen molar-refractivity contribution in [2.45, 2.75) is 98.2 Å². The maximum absolute atomic E-state index is 6.18. The highest BCUT2D eigenvalue weighted by atomic mass is 28.5. The second kappa shape index (κ2) is 28.3. The van der Waals surface area contributed by atoms with E-state index in [2.05, 4.69) is 13.1 Å². The molecule has 15 nitrogen and oxygen atoms in total. The van der Waals surface area contributed by atoms with Crippen molar-refractivity contribution in [2.75, 3.05) is 0 Å². The fourth-order valence-corrected chi connectivity index (χ4v) is 43.5. The summed E-state index contributed by atoms with van der Waals surface area (Å²) >= 11 is 0. The van der Waals surface area contributed by atoms with Gasteiger partial charge in [-0.1, -0.05) is 6.55 Å². The van der Waals surface area contributed by atoms with Crippen molar-refractivity contribution >= 4 is 140 Å². The molecular weight excluding hydrogens is 841 g/mol. The molecule has 0 saturated heterocycles. The smallest absolute Gasteiger partial charge is 0.346 e. The van der Waals surface area contributed by atoms with Gasteiger partial charge in [0.25, 0.3) is 111 Å². The summed E-state index contributed by atoms with van der Waals surface area (Å²) in [4.78, 5) is 0. The highest BCUT2D eigenvalue weighted by Crippen LogP contribution is 2.08. The van der Waals surface area contributed by atoms with E-state index >= 15 is 0 Å². The number of hydrogen-bond donors (Lipinski definition) is 0. The largest absolute Gasteiger partial charge is 0.444 e. The molecule has 30 heteroatoms. The Kier molecular flexibility index (Phi) is 29.9. The zero-order valence-corrected chi connectivity index (χ0v) is 47.9. The van der Waals surface area contributed by atoms with Crippen molar-refractivity contribution in [1.82, 2.24) is 0 Å². The lowest BCUT2D eigenvalue weighted by atomic mass is 11.9. The van der Waals surface area contributed by atoms with Gasteiger partial charge in [-0.3, -0.25) is 4.58 Å². The van der Waals surface area contributed by atoms with Crippen LogP contribution in [-0.4, -0.2) is 140 Å². The first-order valence-electron chi connectivity index (χ1n) is 15.8. The second-order valence-corrected chi connectivity index (χ2v) is 40.7. The molecule has 0 aromatic rings. The molecule has 0 aliphatic heterocycles. The topological polar surface area (TPSA) is 138 Å². The summed E-state index contributed by atoms with van der Waals surface area (Å²) in [5.41, 5.74) is 0. The summed E-state index contributed by atoms with van der Waals surface area (Å²) < 4.78 is 89.3. The van der Waals surface area contributed by atoms with Crippen LogP contribution in [0.1, 0.15) is 0 Å². The van der Waals surface area contributed by atoms with Crippen LogP contribution in [0.3, 0.4) is 0 Å². The Balaban J connectivity index is 4.30. The van der Waals surface area contributed by atoms with Crippen LogP contribution in [0.4, 0.5) is 0 Å². The quantitative estimate of drug-likeness (QED) is 0.0443. The standard InChI is InChI=1S/C15H62O15Si15/c1-31-16-17-33(3)19-35(5)21-37(7)23-39(9)25-41(11)27-43(13)29-45(15)30-44(14)28-42(12)26-40(10)24-38(8)22-36(6)20-34(4)18-32-2/h33-45H,31-32H2,1-15H3. The van der Waals surface area contributed by atoms with Gasteiger partial charge in [0.05, 0.1) is 0 Å². The van der Waals surface area contributed by atoms with Crippen molar-refractivity contribution < 1.29 is 62.7 Å². The van der Waals surface area contributed by atoms with Gasteiger partial charge in [-0.25, -0.2) is 0 Å². The zero-order valence-electron chi connectivity index (χ0n) is 30.0. The fraction of sp³-hybridized carbons (Fsp3) is 1.00. The summed E-state index contributed by atoms with van der Waals surface area (Å²) in [6.07, 6.45) is 0. The van der Waals surface area contributed by atoms with Gasteiger partial charge in [0.15, 0.2) is 0 Å². The van der Waals surface area contributed by atoms with E-state index in [9.17, 15) is 0 Å². The second-order valence-electron chi connectivity index (χ2n) is 9.97. The molecule has 0 aromatic carbocycles. The van der Waals surface area contributed by atoms with E-state index in [-0.39, 0.29) is 0 Å². The minimum atomic E-state index is -1.92. The first-order chi connectivity index (χ1) is 21.0. The van der Waals surface area contributed by atoms with Gasteiger partial charge in [0.1, 0.15) is 9.76 Å². The average Bonchev–Trinajstić information content (AvgIpc) is 2.85. The van der Waals surface area contributed by atoms with E-state index < -0.39 is 140 Å². The summed E-state index contributed by atoms with van der Waals surface area (Å²) in [5.74, 6) is 0. The molecule has 0 rings (SSSR count). The van der Waals surface area contributed by atoms with Crippen LogP contribution >= 0.6 is 0 Å². The van der Waals surface area contributed by atoms with Crippen LogP contribution in [0.25, 0.3) is 0 Å². The van der Waals surface area contributed by atoms with Crippen LogP contribution in [0.2, 0.25) is 98.2 Å². The predicted octanol–water partition coefficient (Wildman–Crippen LogP) is -2.53. The van der Waals surface area contributed by atoms with Gasteiger partial charge >= 0.3 is 9.28 Å². The molecular formula is C15H62O15Si15. The molecule has 0 spiro atoms. The van der Waals surface area contributed by atoms with Crippen LogP contribution in [0.15, 0.2) is 0 Å². The molecule has 0 aliphatic carbocycles. The number of hydrogen-bond acceptors (Lipinski definition) is 15. The molecule has 0 radical (unpaired) electrons. The molecule has 13 atom stereocenters. The molecule has 0 aromatic heterocycles. The van der Waals surface area contributed by atoms with Gasteiger partial charge in [-0.15, -0.1) is 0 Å². The molecule has 0 amide bonds. The maximum Gasteiger partial charge on any atom is 0.346 e. The Hall–Kier alpha value is 2.65. The van der Waals surface area contributed by atoms with E-state index in [1.807, 2.05) is 85.1 Å². The van der Waals surface area contributed by atoms with Crippen molar-refractivity contribution in [2.24, 2.45) is 0 Å². The van der Waals surface area contributed by atoms with Gasteiger partial charge in [0.2, 0.25) is 9.76 Å². The van der Waals surface area contributed by atoms with Crippen LogP contribution in [0, 0.1) is 0 Å². The summed E-state index contributed by atoms with van der Waals surface area (Å²) in [6.45, 7) is 30.3. The van der Waals surface area contributed by atoms with Crippen molar-refractivity contribution in [3.05, 3.63) is 0 Å². The minimum Gasteiger partial charge on any atom is -0.444 e. The van der Waals surface area contributed by atoms with E-state index in [0.29, 0.717) is 0 Å². The monoisotopic (exact) mass is 902 g/mol. The Bertz CT molecular complexity index is 722. The lowest BCUT2D eigenvalue weighted by Gasteiger charge is -2.27. The first kappa shape index (κ1) is 47.7. The summed E-state index contributed by atoms with van der Waals surface area (Å²) in [5, 5.41) is 0. The molecule has 0 aliphatic rings.